The van der Waals surface area contributed by atoms with Gasteiger partial charge in [-0.05, 0) is 47.0 Å². The van der Waals surface area contributed by atoms with Crippen LogP contribution in [-0.2, 0) is 13.1 Å². The maximum absolute atomic E-state index is 13.2. The first-order valence-corrected chi connectivity index (χ1v) is 12.0. The molecule has 10 heteroatoms. The average molecular weight is 517 g/mol. The Labute approximate surface area is 211 Å². The van der Waals surface area contributed by atoms with Crippen LogP contribution in [-0.4, -0.2) is 53.2 Å². The Balaban J connectivity index is 1.39. The number of fused-ring (bicyclic) bond motifs is 1. The number of pyridine rings is 1. The van der Waals surface area contributed by atoms with E-state index in [1.807, 2.05) is 30.3 Å². The van der Waals surface area contributed by atoms with E-state index in [1.165, 1.54) is 24.3 Å². The lowest BCUT2D eigenvalue weighted by atomic mass is 9.96. The number of halogens is 4. The van der Waals surface area contributed by atoms with Crippen molar-refractivity contribution in [2.24, 2.45) is 0 Å². The predicted octanol–water partition coefficient (Wildman–Crippen LogP) is 4.78. The third-order valence-electron chi connectivity index (χ3n) is 6.39. The molecule has 2 aromatic carbocycles. The summed E-state index contributed by atoms with van der Waals surface area (Å²) in [6.45, 7) is 4.07. The minimum absolute atomic E-state index is 0.0959. The van der Waals surface area contributed by atoms with Gasteiger partial charge in [-0.3, -0.25) is 14.7 Å². The number of aromatic nitrogens is 1. The van der Waals surface area contributed by atoms with E-state index < -0.39 is 6.36 Å². The standard InChI is InChI=1S/C26H24ClF3N4O2/c27-21-14-18(24(22-3-1-2-8-32-22)33-11-9-31-10-12-33)13-19-16-34(25(35)23(19)21)15-17-4-6-20(7-5-17)36-26(28,29)30/h1-8,13-14,24,31H,9-12,15-16H2. The highest BCUT2D eigenvalue weighted by atomic mass is 35.5. The fourth-order valence-electron chi connectivity index (χ4n) is 4.84. The molecule has 2 aliphatic heterocycles. The van der Waals surface area contributed by atoms with E-state index in [0.29, 0.717) is 22.7 Å². The molecule has 0 spiro atoms. The average Bonchev–Trinajstić information content (AvgIpc) is 3.16. The monoisotopic (exact) mass is 516 g/mol. The van der Waals surface area contributed by atoms with Crippen molar-refractivity contribution in [3.8, 4) is 5.75 Å². The first-order chi connectivity index (χ1) is 17.3. The molecule has 36 heavy (non-hydrogen) atoms. The van der Waals surface area contributed by atoms with Gasteiger partial charge in [0, 0.05) is 45.5 Å². The van der Waals surface area contributed by atoms with Crippen LogP contribution in [0.5, 0.6) is 5.75 Å². The minimum Gasteiger partial charge on any atom is -0.406 e. The molecule has 1 amide bonds. The maximum atomic E-state index is 13.2. The molecule has 1 fully saturated rings. The summed E-state index contributed by atoms with van der Waals surface area (Å²) in [6.07, 6.45) is -2.98. The quantitative estimate of drug-likeness (QED) is 0.511. The van der Waals surface area contributed by atoms with Crippen LogP contribution in [0.4, 0.5) is 13.2 Å². The van der Waals surface area contributed by atoms with Crippen molar-refractivity contribution >= 4 is 17.5 Å². The van der Waals surface area contributed by atoms with E-state index in [1.54, 1.807) is 11.1 Å². The van der Waals surface area contributed by atoms with Crippen LogP contribution in [0, 0.1) is 0 Å². The molecule has 1 atom stereocenters. The van der Waals surface area contributed by atoms with Gasteiger partial charge in [-0.15, -0.1) is 13.2 Å². The molecule has 1 N–H and O–H groups in total. The number of rotatable bonds is 6. The van der Waals surface area contributed by atoms with Gasteiger partial charge in [0.25, 0.3) is 5.91 Å². The number of piperazine rings is 1. The highest BCUT2D eigenvalue weighted by Gasteiger charge is 2.34. The number of benzene rings is 2. The van der Waals surface area contributed by atoms with Gasteiger partial charge < -0.3 is 15.0 Å². The molecule has 0 radical (unpaired) electrons. The van der Waals surface area contributed by atoms with Crippen molar-refractivity contribution in [2.45, 2.75) is 25.5 Å². The number of carbonyl (C=O) groups excluding carboxylic acids is 1. The lowest BCUT2D eigenvalue weighted by molar-refractivity contribution is -0.274. The molecule has 0 saturated carbocycles. The third kappa shape index (κ3) is 5.33. The summed E-state index contributed by atoms with van der Waals surface area (Å²) < 4.78 is 41.2. The molecule has 0 bridgehead atoms. The SMILES string of the molecule is O=C1c2c(Cl)cc(C(c3ccccn3)N3CCNCC3)cc2CN1Cc1ccc(OC(F)(F)F)cc1. The van der Waals surface area contributed by atoms with Crippen molar-refractivity contribution in [1.29, 1.82) is 0 Å². The van der Waals surface area contributed by atoms with Gasteiger partial charge in [-0.1, -0.05) is 35.9 Å². The number of ether oxygens (including phenoxy) is 1. The number of hydrogen-bond acceptors (Lipinski definition) is 5. The predicted molar refractivity (Wildman–Crippen MR) is 129 cm³/mol. The van der Waals surface area contributed by atoms with Crippen LogP contribution in [0.2, 0.25) is 5.02 Å². The maximum Gasteiger partial charge on any atom is 0.573 e. The molecule has 0 aliphatic carbocycles. The van der Waals surface area contributed by atoms with Crippen LogP contribution in [0.25, 0.3) is 0 Å². The Hall–Kier alpha value is -3.14. The molecule has 6 nitrogen and oxygen atoms in total. The van der Waals surface area contributed by atoms with Crippen molar-refractivity contribution in [3.05, 3.63) is 93.8 Å². The highest BCUT2D eigenvalue weighted by Crippen LogP contribution is 2.37. The van der Waals surface area contributed by atoms with Crippen molar-refractivity contribution in [3.63, 3.8) is 0 Å². The van der Waals surface area contributed by atoms with Crippen LogP contribution in [0.3, 0.4) is 0 Å². The zero-order valence-corrected chi connectivity index (χ0v) is 20.0. The molecule has 3 heterocycles. The summed E-state index contributed by atoms with van der Waals surface area (Å²) in [7, 11) is 0. The van der Waals surface area contributed by atoms with Gasteiger partial charge in [0.15, 0.2) is 0 Å². The topological polar surface area (TPSA) is 57.7 Å². The zero-order valence-electron chi connectivity index (χ0n) is 19.3. The summed E-state index contributed by atoms with van der Waals surface area (Å²) in [5.74, 6) is -0.503. The summed E-state index contributed by atoms with van der Waals surface area (Å²) in [5, 5.41) is 3.76. The second-order valence-corrected chi connectivity index (χ2v) is 9.24. The molecule has 5 rings (SSSR count). The fraction of sp³-hybridized carbons (Fsp3) is 0.308. The lowest BCUT2D eigenvalue weighted by Crippen LogP contribution is -2.45. The Kier molecular flexibility index (Phi) is 6.87. The smallest absolute Gasteiger partial charge is 0.406 e. The van der Waals surface area contributed by atoms with E-state index in [4.69, 9.17) is 11.6 Å². The molecule has 1 saturated heterocycles. The number of amides is 1. The van der Waals surface area contributed by atoms with Gasteiger partial charge in [0.2, 0.25) is 0 Å². The molecule has 2 aliphatic rings. The Morgan fingerprint density at radius 1 is 1.08 bits per heavy atom. The van der Waals surface area contributed by atoms with Crippen LogP contribution < -0.4 is 10.1 Å². The second-order valence-electron chi connectivity index (χ2n) is 8.83. The minimum atomic E-state index is -4.75. The Morgan fingerprint density at radius 3 is 2.50 bits per heavy atom. The van der Waals surface area contributed by atoms with Gasteiger partial charge in [-0.2, -0.15) is 0 Å². The van der Waals surface area contributed by atoms with Crippen molar-refractivity contribution in [2.75, 3.05) is 26.2 Å². The van der Waals surface area contributed by atoms with Crippen LogP contribution in [0.1, 0.15) is 38.8 Å². The van der Waals surface area contributed by atoms with Crippen LogP contribution in [0.15, 0.2) is 60.8 Å². The number of nitrogens with zero attached hydrogens (tertiary/aromatic N) is 3. The second kappa shape index (κ2) is 10.1. The Morgan fingerprint density at radius 2 is 1.83 bits per heavy atom. The summed E-state index contributed by atoms with van der Waals surface area (Å²) in [4.78, 5) is 21.8. The van der Waals surface area contributed by atoms with Gasteiger partial charge in [0.1, 0.15) is 5.75 Å². The van der Waals surface area contributed by atoms with E-state index in [0.717, 1.165) is 43.0 Å². The van der Waals surface area contributed by atoms with E-state index in [2.05, 4.69) is 19.9 Å². The first kappa shape index (κ1) is 24.5. The normalized spacial score (nSPS) is 17.2. The van der Waals surface area contributed by atoms with E-state index >= 15 is 0 Å². The number of hydrogen-bond donors (Lipinski definition) is 1. The summed E-state index contributed by atoms with van der Waals surface area (Å²) >= 11 is 6.67. The van der Waals surface area contributed by atoms with Crippen molar-refractivity contribution in [1.82, 2.24) is 20.1 Å². The summed E-state index contributed by atoms with van der Waals surface area (Å²) in [5.41, 5.74) is 3.88. The van der Waals surface area contributed by atoms with Gasteiger partial charge in [-0.25, -0.2) is 0 Å². The largest absolute Gasteiger partial charge is 0.573 e. The van der Waals surface area contributed by atoms with E-state index in [-0.39, 0.29) is 24.2 Å². The number of alkyl halides is 3. The van der Waals surface area contributed by atoms with Gasteiger partial charge >= 0.3 is 6.36 Å². The molecule has 188 valence electrons. The molecular formula is C26H24ClF3N4O2. The zero-order chi connectivity index (χ0) is 25.3. The third-order valence-corrected chi connectivity index (χ3v) is 6.69. The fourth-order valence-corrected chi connectivity index (χ4v) is 5.16. The summed E-state index contributed by atoms with van der Waals surface area (Å²) in [6, 6.07) is 15.2. The Bertz CT molecular complexity index is 1230. The number of carbonyl (C=O) groups is 1. The van der Waals surface area contributed by atoms with Crippen LogP contribution >= 0.6 is 11.6 Å². The number of nitrogens with one attached hydrogen (secondary N) is 1. The lowest BCUT2D eigenvalue weighted by Gasteiger charge is -2.35. The van der Waals surface area contributed by atoms with Gasteiger partial charge in [0.05, 0.1) is 22.3 Å². The molecule has 1 unspecified atom stereocenters. The van der Waals surface area contributed by atoms with Crippen molar-refractivity contribution < 1.29 is 22.7 Å². The first-order valence-electron chi connectivity index (χ1n) is 11.6. The molecular weight excluding hydrogens is 493 g/mol. The molecule has 1 aromatic heterocycles. The molecule has 3 aromatic rings. The highest BCUT2D eigenvalue weighted by molar-refractivity contribution is 6.34. The van der Waals surface area contributed by atoms with E-state index in [9.17, 15) is 18.0 Å².